The Labute approximate surface area is 219 Å². The summed E-state index contributed by atoms with van der Waals surface area (Å²) in [6.07, 6.45) is -5.72. The minimum atomic E-state index is -4.52. The molecule has 3 aromatic rings. The molecule has 33 heavy (non-hydrogen) atoms. The van der Waals surface area contributed by atoms with Crippen LogP contribution in [0.25, 0.3) is 17.2 Å². The molecule has 0 aliphatic heterocycles. The Bertz CT molecular complexity index is 1000. The standard InChI is InChI=1S/C11H8ClF3N3.C8H9FNO2.C2H6.Y/c12-7-2-1-3-8(4-7)18-9(6-16)5-10(17-18)11(13,14)15;9-7-3-5(10)1-2-6(7)8(12)4-11;1-2;/h1-5,16H,6H2;1-3,8,10-12H,4H2;1-2H3;/q2*-1;;. The molecule has 4 N–H and O–H groups in total. The van der Waals surface area contributed by atoms with E-state index in [-0.39, 0.29) is 56.2 Å². The van der Waals surface area contributed by atoms with E-state index in [1.165, 1.54) is 18.2 Å². The van der Waals surface area contributed by atoms with Gasteiger partial charge in [0.05, 0.1) is 12.3 Å². The zero-order valence-electron chi connectivity index (χ0n) is 17.9. The van der Waals surface area contributed by atoms with Gasteiger partial charge in [-0.3, -0.25) is 0 Å². The average Bonchev–Trinajstić information content (AvgIpc) is 3.20. The van der Waals surface area contributed by atoms with Crippen molar-refractivity contribution >= 4 is 17.3 Å². The van der Waals surface area contributed by atoms with Crippen molar-refractivity contribution in [3.05, 3.63) is 87.8 Å². The molecule has 179 valence electrons. The fraction of sp³-hybridized carbons (Fsp3) is 0.286. The Hall–Kier alpha value is -1.56. The summed E-state index contributed by atoms with van der Waals surface area (Å²) in [6, 6.07) is 10.8. The van der Waals surface area contributed by atoms with Gasteiger partial charge in [0.15, 0.2) is 5.69 Å². The summed E-state index contributed by atoms with van der Waals surface area (Å²) in [5.74, 6) is -0.663. The van der Waals surface area contributed by atoms with Crippen LogP contribution in [0.2, 0.25) is 5.02 Å². The quantitative estimate of drug-likeness (QED) is 0.347. The molecule has 1 atom stereocenters. The normalized spacial score (nSPS) is 11.3. The molecule has 6 nitrogen and oxygen atoms in total. The SMILES string of the molecule is CC.[NH-]Cc1cc(C(F)(F)F)nn1-c1cccc(Cl)c1.[NH-]c1ccc(C(O)CO)c(F)c1.[Y]. The van der Waals surface area contributed by atoms with E-state index in [1.807, 2.05) is 13.8 Å². The molecule has 0 saturated carbocycles. The largest absolute Gasteiger partial charge is 0.699 e. The van der Waals surface area contributed by atoms with Crippen LogP contribution >= 0.6 is 11.6 Å². The first-order chi connectivity index (χ1) is 15.1. The molecule has 2 aromatic carbocycles. The van der Waals surface area contributed by atoms with E-state index in [0.717, 1.165) is 16.8 Å². The van der Waals surface area contributed by atoms with Crippen molar-refractivity contribution in [2.24, 2.45) is 0 Å². The van der Waals surface area contributed by atoms with Gasteiger partial charge >= 0.3 is 6.18 Å². The zero-order valence-corrected chi connectivity index (χ0v) is 21.5. The van der Waals surface area contributed by atoms with Gasteiger partial charge in [-0.2, -0.15) is 18.3 Å². The van der Waals surface area contributed by atoms with Crippen LogP contribution in [0.5, 0.6) is 0 Å². The van der Waals surface area contributed by atoms with Gasteiger partial charge in [-0.15, -0.1) is 12.2 Å². The van der Waals surface area contributed by atoms with E-state index in [1.54, 1.807) is 18.2 Å². The van der Waals surface area contributed by atoms with Crippen LogP contribution in [0.15, 0.2) is 48.5 Å². The van der Waals surface area contributed by atoms with Gasteiger partial charge < -0.3 is 21.7 Å². The maximum absolute atomic E-state index is 12.9. The second kappa shape index (κ2) is 14.7. The molecule has 0 aliphatic rings. The fourth-order valence-electron chi connectivity index (χ4n) is 2.41. The van der Waals surface area contributed by atoms with Crippen molar-refractivity contribution in [3.8, 4) is 5.69 Å². The van der Waals surface area contributed by atoms with E-state index >= 15 is 0 Å². The first-order valence-electron chi connectivity index (χ1n) is 9.43. The predicted molar refractivity (Wildman–Crippen MR) is 115 cm³/mol. The molecular weight excluding hydrogens is 541 g/mol. The number of aliphatic hydroxyl groups is 2. The van der Waals surface area contributed by atoms with Crippen molar-refractivity contribution < 1.29 is 60.5 Å². The van der Waals surface area contributed by atoms with Gasteiger partial charge in [0.1, 0.15) is 11.9 Å². The monoisotopic (exact) mass is 563 g/mol. The van der Waals surface area contributed by atoms with Crippen LogP contribution in [-0.2, 0) is 45.4 Å². The van der Waals surface area contributed by atoms with Crippen LogP contribution in [-0.4, -0.2) is 26.6 Å². The molecule has 1 heterocycles. The number of nitrogens with one attached hydrogen (secondary N) is 2. The van der Waals surface area contributed by atoms with Gasteiger partial charge in [-0.05, 0) is 30.3 Å². The molecule has 0 spiro atoms. The third-order valence-corrected chi connectivity index (χ3v) is 4.07. The molecule has 1 unspecified atom stereocenters. The third kappa shape index (κ3) is 9.31. The topological polar surface area (TPSA) is 106 Å². The maximum Gasteiger partial charge on any atom is 0.435 e. The van der Waals surface area contributed by atoms with Crippen molar-refractivity contribution in [2.45, 2.75) is 32.7 Å². The number of benzene rings is 2. The summed E-state index contributed by atoms with van der Waals surface area (Å²) in [7, 11) is 0. The van der Waals surface area contributed by atoms with Crippen LogP contribution in [0, 0.1) is 5.82 Å². The number of aliphatic hydroxyl groups excluding tert-OH is 2. The molecule has 0 fully saturated rings. The van der Waals surface area contributed by atoms with Crippen molar-refractivity contribution in [1.29, 1.82) is 0 Å². The van der Waals surface area contributed by atoms with Gasteiger partial charge in [0.2, 0.25) is 0 Å². The Morgan fingerprint density at radius 2 is 1.76 bits per heavy atom. The number of halogens is 5. The van der Waals surface area contributed by atoms with Gasteiger partial charge in [-0.1, -0.05) is 43.6 Å². The van der Waals surface area contributed by atoms with Crippen LogP contribution < -0.4 is 0 Å². The first-order valence-corrected chi connectivity index (χ1v) is 9.81. The zero-order chi connectivity index (χ0) is 24.5. The van der Waals surface area contributed by atoms with E-state index in [0.29, 0.717) is 10.7 Å². The summed E-state index contributed by atoms with van der Waals surface area (Å²) in [5.41, 5.74) is 13.9. The number of nitrogens with zero attached hydrogens (tertiary/aromatic N) is 2. The Kier molecular flexibility index (Phi) is 14.0. The molecule has 1 aromatic heterocycles. The second-order valence-electron chi connectivity index (χ2n) is 6.02. The van der Waals surface area contributed by atoms with Crippen molar-refractivity contribution in [3.63, 3.8) is 0 Å². The fourth-order valence-corrected chi connectivity index (χ4v) is 2.60. The van der Waals surface area contributed by atoms with Crippen molar-refractivity contribution in [2.75, 3.05) is 6.61 Å². The molecule has 0 bridgehead atoms. The number of aromatic nitrogens is 2. The van der Waals surface area contributed by atoms with E-state index in [4.69, 9.17) is 33.3 Å². The summed E-state index contributed by atoms with van der Waals surface area (Å²) in [5, 5.41) is 21.4. The van der Waals surface area contributed by atoms with Gasteiger partial charge in [0.25, 0.3) is 0 Å². The summed E-state index contributed by atoms with van der Waals surface area (Å²) >= 11 is 5.78. The molecule has 3 rings (SSSR count). The molecule has 1 radical (unpaired) electrons. The first kappa shape index (κ1) is 31.4. The number of hydrogen-bond acceptors (Lipinski definition) is 3. The van der Waals surface area contributed by atoms with E-state index in [2.05, 4.69) is 5.10 Å². The average molecular weight is 564 g/mol. The molecular formula is C21H23ClF4N4O2Y-2. The smallest absolute Gasteiger partial charge is 0.435 e. The minimum Gasteiger partial charge on any atom is -0.699 e. The maximum atomic E-state index is 12.9. The van der Waals surface area contributed by atoms with E-state index < -0.39 is 30.4 Å². The molecule has 0 amide bonds. The van der Waals surface area contributed by atoms with Crippen molar-refractivity contribution in [1.82, 2.24) is 9.78 Å². The van der Waals surface area contributed by atoms with Gasteiger partial charge in [-0.25, -0.2) is 9.07 Å². The number of hydrogen-bond donors (Lipinski definition) is 2. The minimum absolute atomic E-state index is 0. The molecule has 12 heteroatoms. The van der Waals surface area contributed by atoms with Crippen LogP contribution in [0.3, 0.4) is 0 Å². The summed E-state index contributed by atoms with van der Waals surface area (Å²) < 4.78 is 51.6. The van der Waals surface area contributed by atoms with Crippen LogP contribution in [0.4, 0.5) is 23.2 Å². The predicted octanol–water partition coefficient (Wildman–Crippen LogP) is 6.66. The Balaban J connectivity index is 0.000000599. The number of alkyl halides is 3. The van der Waals surface area contributed by atoms with Crippen LogP contribution in [0.1, 0.15) is 36.9 Å². The molecule has 0 aliphatic carbocycles. The van der Waals surface area contributed by atoms with E-state index in [9.17, 15) is 17.6 Å². The summed E-state index contributed by atoms with van der Waals surface area (Å²) in [6.45, 7) is 3.18. The molecule has 0 saturated heterocycles. The Morgan fingerprint density at radius 3 is 2.24 bits per heavy atom. The second-order valence-corrected chi connectivity index (χ2v) is 6.46. The van der Waals surface area contributed by atoms with Gasteiger partial charge in [0, 0.05) is 49.0 Å². The third-order valence-electron chi connectivity index (χ3n) is 3.84. The number of rotatable bonds is 4. The summed E-state index contributed by atoms with van der Waals surface area (Å²) in [4.78, 5) is 0. The Morgan fingerprint density at radius 1 is 1.12 bits per heavy atom.